The van der Waals surface area contributed by atoms with Gasteiger partial charge in [0, 0.05) is 23.0 Å². The quantitative estimate of drug-likeness (QED) is 0.801. The Balaban J connectivity index is 2.14. The van der Waals surface area contributed by atoms with Crippen molar-refractivity contribution in [3.63, 3.8) is 0 Å². The van der Waals surface area contributed by atoms with Crippen LogP contribution in [0.5, 0.6) is 0 Å². The van der Waals surface area contributed by atoms with Gasteiger partial charge in [0.05, 0.1) is 6.54 Å². The van der Waals surface area contributed by atoms with E-state index in [1.165, 1.54) is 16.9 Å². The number of aromatic nitrogens is 1. The Labute approximate surface area is 159 Å². The average molecular weight is 374 g/mol. The van der Waals surface area contributed by atoms with E-state index in [0.29, 0.717) is 17.8 Å². The Hall–Kier alpha value is -2.21. The number of hydrogen-bond acceptors (Lipinski definition) is 4. The van der Waals surface area contributed by atoms with Gasteiger partial charge in [-0.2, -0.15) is 0 Å². The molecule has 1 aromatic carbocycles. The molecule has 2 rings (SSSR count). The summed E-state index contributed by atoms with van der Waals surface area (Å²) in [5, 5.41) is 5.33. The van der Waals surface area contributed by atoms with Crippen molar-refractivity contribution in [2.24, 2.45) is 0 Å². The zero-order valence-corrected chi connectivity index (χ0v) is 16.9. The van der Waals surface area contributed by atoms with Crippen LogP contribution in [0.2, 0.25) is 0 Å². The molecular weight excluding hydrogens is 346 g/mol. The molecule has 0 radical (unpaired) electrons. The first kappa shape index (κ1) is 20.1. The van der Waals surface area contributed by atoms with Crippen molar-refractivity contribution in [1.82, 2.24) is 15.2 Å². The highest BCUT2D eigenvalue weighted by Gasteiger charge is 2.21. The van der Waals surface area contributed by atoms with E-state index in [9.17, 15) is 9.59 Å². The van der Waals surface area contributed by atoms with E-state index in [1.807, 2.05) is 52.0 Å². The molecule has 0 spiro atoms. The van der Waals surface area contributed by atoms with Gasteiger partial charge in [0.25, 0.3) is 11.8 Å². The summed E-state index contributed by atoms with van der Waals surface area (Å²) in [5.41, 5.74) is 2.28. The second kappa shape index (κ2) is 8.94. The SMILES string of the molecule is CCc1ccc(C(=O)N(Cc2nc(C(=O)NC(C)C)cs2)C(C)C)cc1. The van der Waals surface area contributed by atoms with E-state index in [4.69, 9.17) is 0 Å². The smallest absolute Gasteiger partial charge is 0.270 e. The van der Waals surface area contributed by atoms with E-state index >= 15 is 0 Å². The molecule has 0 fully saturated rings. The third kappa shape index (κ3) is 5.14. The number of rotatable bonds is 7. The number of nitrogens with one attached hydrogen (secondary N) is 1. The second-order valence-electron chi connectivity index (χ2n) is 6.83. The van der Waals surface area contributed by atoms with Gasteiger partial charge in [-0.05, 0) is 51.8 Å². The number of hydrogen-bond donors (Lipinski definition) is 1. The molecule has 6 heteroatoms. The van der Waals surface area contributed by atoms with Crippen LogP contribution in [0.4, 0.5) is 0 Å². The molecule has 0 bridgehead atoms. The maximum absolute atomic E-state index is 12.9. The highest BCUT2D eigenvalue weighted by molar-refractivity contribution is 7.09. The lowest BCUT2D eigenvalue weighted by atomic mass is 10.1. The van der Waals surface area contributed by atoms with Gasteiger partial charge in [-0.1, -0.05) is 19.1 Å². The minimum atomic E-state index is -0.180. The lowest BCUT2D eigenvalue weighted by molar-refractivity contribution is 0.0690. The van der Waals surface area contributed by atoms with Gasteiger partial charge < -0.3 is 10.2 Å². The van der Waals surface area contributed by atoms with Gasteiger partial charge in [0.2, 0.25) is 0 Å². The Morgan fingerprint density at radius 3 is 2.35 bits per heavy atom. The maximum atomic E-state index is 12.9. The summed E-state index contributed by atoms with van der Waals surface area (Å²) in [4.78, 5) is 31.1. The molecule has 5 nitrogen and oxygen atoms in total. The molecule has 1 aromatic heterocycles. The standard InChI is InChI=1S/C20H27N3O2S/c1-6-15-7-9-16(10-8-15)20(25)23(14(4)5)11-18-22-17(12-26-18)19(24)21-13(2)3/h7-10,12-14H,6,11H2,1-5H3,(H,21,24). The van der Waals surface area contributed by atoms with Gasteiger partial charge >= 0.3 is 0 Å². The van der Waals surface area contributed by atoms with Crippen molar-refractivity contribution in [3.8, 4) is 0 Å². The van der Waals surface area contributed by atoms with E-state index in [-0.39, 0.29) is 23.9 Å². The summed E-state index contributed by atoms with van der Waals surface area (Å²) >= 11 is 1.40. The van der Waals surface area contributed by atoms with Crippen LogP contribution in [0.1, 0.15) is 66.0 Å². The monoisotopic (exact) mass is 373 g/mol. The molecule has 0 aliphatic rings. The molecule has 140 valence electrons. The first-order valence-electron chi connectivity index (χ1n) is 8.97. The van der Waals surface area contributed by atoms with Crippen LogP contribution in [0.25, 0.3) is 0 Å². The molecule has 2 amide bonds. The molecule has 26 heavy (non-hydrogen) atoms. The summed E-state index contributed by atoms with van der Waals surface area (Å²) in [5.74, 6) is -0.203. The van der Waals surface area contributed by atoms with E-state index in [2.05, 4.69) is 17.2 Å². The van der Waals surface area contributed by atoms with E-state index < -0.39 is 0 Å². The second-order valence-corrected chi connectivity index (χ2v) is 7.77. The molecule has 0 unspecified atom stereocenters. The molecule has 0 saturated carbocycles. The van der Waals surface area contributed by atoms with Crippen molar-refractivity contribution in [3.05, 3.63) is 51.5 Å². The number of aryl methyl sites for hydroxylation is 1. The largest absolute Gasteiger partial charge is 0.349 e. The van der Waals surface area contributed by atoms with Crippen LogP contribution in [0.15, 0.2) is 29.6 Å². The lowest BCUT2D eigenvalue weighted by Crippen LogP contribution is -2.36. The third-order valence-corrected chi connectivity index (χ3v) is 4.84. The lowest BCUT2D eigenvalue weighted by Gasteiger charge is -2.26. The Morgan fingerprint density at radius 2 is 1.81 bits per heavy atom. The van der Waals surface area contributed by atoms with Gasteiger partial charge in [-0.25, -0.2) is 4.98 Å². The minimum Gasteiger partial charge on any atom is -0.349 e. The number of carbonyl (C=O) groups is 2. The number of amides is 2. The number of benzene rings is 1. The molecule has 1 heterocycles. The Kier molecular flexibility index (Phi) is 6.91. The fourth-order valence-corrected chi connectivity index (χ4v) is 3.28. The van der Waals surface area contributed by atoms with Crippen molar-refractivity contribution < 1.29 is 9.59 Å². The zero-order chi connectivity index (χ0) is 19.3. The summed E-state index contributed by atoms with van der Waals surface area (Å²) in [6, 6.07) is 7.82. The normalized spacial score (nSPS) is 11.0. The number of thiazole rings is 1. The van der Waals surface area contributed by atoms with Crippen LogP contribution in [-0.2, 0) is 13.0 Å². The molecular formula is C20H27N3O2S. The summed E-state index contributed by atoms with van der Waals surface area (Å²) in [7, 11) is 0. The van der Waals surface area contributed by atoms with Crippen LogP contribution >= 0.6 is 11.3 Å². The molecule has 0 saturated heterocycles. The molecule has 2 aromatic rings. The Morgan fingerprint density at radius 1 is 1.15 bits per heavy atom. The fourth-order valence-electron chi connectivity index (χ4n) is 2.51. The third-order valence-electron chi connectivity index (χ3n) is 4.00. The summed E-state index contributed by atoms with van der Waals surface area (Å²) < 4.78 is 0. The van der Waals surface area contributed by atoms with Gasteiger partial charge in [-0.3, -0.25) is 9.59 Å². The zero-order valence-electron chi connectivity index (χ0n) is 16.1. The Bertz CT molecular complexity index is 751. The molecule has 0 aliphatic heterocycles. The predicted octanol–water partition coefficient (Wildman–Crippen LogP) is 3.89. The summed E-state index contributed by atoms with van der Waals surface area (Å²) in [6.45, 7) is 10.3. The van der Waals surface area contributed by atoms with E-state index in [1.54, 1.807) is 10.3 Å². The van der Waals surface area contributed by atoms with Crippen molar-refractivity contribution in [2.75, 3.05) is 0 Å². The minimum absolute atomic E-state index is 0.0222. The van der Waals surface area contributed by atoms with Crippen LogP contribution in [0, 0.1) is 0 Å². The molecule has 0 atom stereocenters. The average Bonchev–Trinajstić information content (AvgIpc) is 3.07. The predicted molar refractivity (Wildman–Crippen MR) is 106 cm³/mol. The van der Waals surface area contributed by atoms with E-state index in [0.717, 1.165) is 11.4 Å². The molecule has 1 N–H and O–H groups in total. The van der Waals surface area contributed by atoms with Crippen molar-refractivity contribution >= 4 is 23.2 Å². The van der Waals surface area contributed by atoms with Crippen LogP contribution in [0.3, 0.4) is 0 Å². The van der Waals surface area contributed by atoms with Gasteiger partial charge in [0.1, 0.15) is 10.7 Å². The fraction of sp³-hybridized carbons (Fsp3) is 0.450. The number of nitrogens with zero attached hydrogens (tertiary/aromatic N) is 2. The first-order chi connectivity index (χ1) is 12.3. The highest BCUT2D eigenvalue weighted by atomic mass is 32.1. The molecule has 0 aliphatic carbocycles. The van der Waals surface area contributed by atoms with Gasteiger partial charge in [0.15, 0.2) is 0 Å². The van der Waals surface area contributed by atoms with Crippen LogP contribution in [-0.4, -0.2) is 33.8 Å². The van der Waals surface area contributed by atoms with Crippen molar-refractivity contribution in [2.45, 2.75) is 59.7 Å². The first-order valence-corrected chi connectivity index (χ1v) is 9.85. The van der Waals surface area contributed by atoms with Crippen molar-refractivity contribution in [1.29, 1.82) is 0 Å². The van der Waals surface area contributed by atoms with Gasteiger partial charge in [-0.15, -0.1) is 11.3 Å². The van der Waals surface area contributed by atoms with Crippen LogP contribution < -0.4 is 5.32 Å². The number of carbonyl (C=O) groups excluding carboxylic acids is 2. The topological polar surface area (TPSA) is 62.3 Å². The highest BCUT2D eigenvalue weighted by Crippen LogP contribution is 2.17. The summed E-state index contributed by atoms with van der Waals surface area (Å²) in [6.07, 6.45) is 0.947. The maximum Gasteiger partial charge on any atom is 0.270 e.